The fourth-order valence-electron chi connectivity index (χ4n) is 2.21. The molecule has 0 aliphatic carbocycles. The van der Waals surface area contributed by atoms with E-state index in [1.165, 1.54) is 25.4 Å². The molecular weight excluding hydrogens is 306 g/mol. The topological polar surface area (TPSA) is 12.0 Å². The van der Waals surface area contributed by atoms with Crippen molar-refractivity contribution in [2.45, 2.75) is 26.8 Å². The van der Waals surface area contributed by atoms with Gasteiger partial charge in [0, 0.05) is 4.88 Å². The zero-order chi connectivity index (χ0) is 13.1. The molecule has 0 amide bonds. The Hall–Kier alpha value is -0.640. The highest BCUT2D eigenvalue weighted by Crippen LogP contribution is 2.33. The molecule has 0 aliphatic heterocycles. The van der Waals surface area contributed by atoms with Crippen LogP contribution in [0.5, 0.6) is 0 Å². The van der Waals surface area contributed by atoms with Gasteiger partial charge in [0.2, 0.25) is 0 Å². The Morgan fingerprint density at radius 2 is 2.06 bits per heavy atom. The fraction of sp³-hybridized carbons (Fsp3) is 0.333. The van der Waals surface area contributed by atoms with Crippen LogP contribution in [0.2, 0.25) is 0 Å². The summed E-state index contributed by atoms with van der Waals surface area (Å²) in [6.07, 6.45) is 0. The Balaban J connectivity index is 2.42. The number of benzene rings is 1. The molecule has 0 fully saturated rings. The van der Waals surface area contributed by atoms with Crippen LogP contribution in [-0.2, 0) is 0 Å². The zero-order valence-electron chi connectivity index (χ0n) is 11.0. The van der Waals surface area contributed by atoms with E-state index in [0.29, 0.717) is 0 Å². The highest BCUT2D eigenvalue weighted by molar-refractivity contribution is 9.11. The molecule has 96 valence electrons. The third-order valence-electron chi connectivity index (χ3n) is 3.02. The Bertz CT molecular complexity index is 533. The smallest absolute Gasteiger partial charge is 0.0704 e. The average molecular weight is 324 g/mol. The van der Waals surface area contributed by atoms with Crippen molar-refractivity contribution in [1.82, 2.24) is 5.32 Å². The maximum atomic E-state index is 3.58. The molecule has 0 bridgehead atoms. The van der Waals surface area contributed by atoms with Gasteiger partial charge in [0.25, 0.3) is 0 Å². The molecule has 1 nitrogen and oxygen atoms in total. The van der Waals surface area contributed by atoms with Gasteiger partial charge in [-0.25, -0.2) is 0 Å². The lowest BCUT2D eigenvalue weighted by Crippen LogP contribution is -2.22. The van der Waals surface area contributed by atoms with Gasteiger partial charge in [0.1, 0.15) is 0 Å². The Labute approximate surface area is 121 Å². The summed E-state index contributed by atoms with van der Waals surface area (Å²) in [6.45, 7) is 7.44. The SMILES string of the molecule is CCNC(c1cccc(C)c1)c1cc(Br)sc1C. The van der Waals surface area contributed by atoms with Crippen LogP contribution in [-0.4, -0.2) is 6.54 Å². The van der Waals surface area contributed by atoms with E-state index in [-0.39, 0.29) is 6.04 Å². The van der Waals surface area contributed by atoms with E-state index in [2.05, 4.69) is 72.3 Å². The molecule has 0 aliphatic rings. The summed E-state index contributed by atoms with van der Waals surface area (Å²) in [4.78, 5) is 1.37. The number of hydrogen-bond acceptors (Lipinski definition) is 2. The van der Waals surface area contributed by atoms with E-state index < -0.39 is 0 Å². The number of halogens is 1. The van der Waals surface area contributed by atoms with E-state index in [1.807, 2.05) is 0 Å². The van der Waals surface area contributed by atoms with Gasteiger partial charge in [-0.05, 0) is 53.5 Å². The molecule has 1 heterocycles. The van der Waals surface area contributed by atoms with E-state index in [0.717, 1.165) is 6.54 Å². The van der Waals surface area contributed by atoms with Gasteiger partial charge in [-0.1, -0.05) is 36.8 Å². The lowest BCUT2D eigenvalue weighted by atomic mass is 9.98. The largest absolute Gasteiger partial charge is 0.306 e. The highest BCUT2D eigenvalue weighted by atomic mass is 79.9. The Morgan fingerprint density at radius 3 is 2.61 bits per heavy atom. The van der Waals surface area contributed by atoms with Crippen LogP contribution in [0.25, 0.3) is 0 Å². The molecule has 1 atom stereocenters. The van der Waals surface area contributed by atoms with E-state index in [4.69, 9.17) is 0 Å². The summed E-state index contributed by atoms with van der Waals surface area (Å²) in [7, 11) is 0. The van der Waals surface area contributed by atoms with E-state index in [9.17, 15) is 0 Å². The van der Waals surface area contributed by atoms with Gasteiger partial charge < -0.3 is 5.32 Å². The number of rotatable bonds is 4. The summed E-state index contributed by atoms with van der Waals surface area (Å²) in [5.41, 5.74) is 4.02. The average Bonchev–Trinajstić information content (AvgIpc) is 2.65. The van der Waals surface area contributed by atoms with Gasteiger partial charge in [0.05, 0.1) is 9.83 Å². The van der Waals surface area contributed by atoms with Crippen molar-refractivity contribution in [3.63, 3.8) is 0 Å². The molecule has 18 heavy (non-hydrogen) atoms. The minimum absolute atomic E-state index is 0.289. The molecule has 1 N–H and O–H groups in total. The fourth-order valence-corrected chi connectivity index (χ4v) is 3.95. The van der Waals surface area contributed by atoms with Crippen molar-refractivity contribution in [2.24, 2.45) is 0 Å². The van der Waals surface area contributed by atoms with Crippen LogP contribution >= 0.6 is 27.3 Å². The highest BCUT2D eigenvalue weighted by Gasteiger charge is 2.17. The first-order valence-corrected chi connectivity index (χ1v) is 7.78. The third kappa shape index (κ3) is 3.02. The molecule has 1 unspecified atom stereocenters. The molecular formula is C15H18BrNS. The third-order valence-corrected chi connectivity index (χ3v) is 4.59. The zero-order valence-corrected chi connectivity index (χ0v) is 13.4. The molecule has 0 saturated carbocycles. The number of hydrogen-bond donors (Lipinski definition) is 1. The Morgan fingerprint density at radius 1 is 1.28 bits per heavy atom. The molecule has 1 aromatic heterocycles. The number of thiophene rings is 1. The summed E-state index contributed by atoms with van der Waals surface area (Å²) in [5, 5.41) is 3.58. The van der Waals surface area contributed by atoms with Gasteiger partial charge >= 0.3 is 0 Å². The normalized spacial score (nSPS) is 12.7. The lowest BCUT2D eigenvalue weighted by molar-refractivity contribution is 0.629. The van der Waals surface area contributed by atoms with Gasteiger partial charge in [0.15, 0.2) is 0 Å². The Kier molecular flexibility index (Phi) is 4.60. The first kappa shape index (κ1) is 13.8. The number of aryl methyl sites for hydroxylation is 2. The second kappa shape index (κ2) is 6.00. The lowest BCUT2D eigenvalue weighted by Gasteiger charge is -2.19. The van der Waals surface area contributed by atoms with Crippen LogP contribution in [0, 0.1) is 13.8 Å². The van der Waals surface area contributed by atoms with Crippen molar-refractivity contribution < 1.29 is 0 Å². The van der Waals surface area contributed by atoms with Crippen LogP contribution in [0.1, 0.15) is 34.5 Å². The minimum atomic E-state index is 0.289. The van der Waals surface area contributed by atoms with Crippen LogP contribution in [0.15, 0.2) is 34.1 Å². The van der Waals surface area contributed by atoms with Gasteiger partial charge in [-0.15, -0.1) is 11.3 Å². The molecule has 0 spiro atoms. The van der Waals surface area contributed by atoms with Gasteiger partial charge in [-0.2, -0.15) is 0 Å². The molecule has 0 radical (unpaired) electrons. The summed E-state index contributed by atoms with van der Waals surface area (Å²) in [6, 6.07) is 11.3. The van der Waals surface area contributed by atoms with Crippen molar-refractivity contribution in [2.75, 3.05) is 6.54 Å². The first-order valence-electron chi connectivity index (χ1n) is 6.17. The second-order valence-corrected chi connectivity index (χ2v) is 7.10. The maximum Gasteiger partial charge on any atom is 0.0704 e. The van der Waals surface area contributed by atoms with E-state index >= 15 is 0 Å². The monoisotopic (exact) mass is 323 g/mol. The van der Waals surface area contributed by atoms with E-state index in [1.54, 1.807) is 11.3 Å². The van der Waals surface area contributed by atoms with Crippen LogP contribution < -0.4 is 5.32 Å². The molecule has 2 aromatic rings. The number of nitrogens with one attached hydrogen (secondary N) is 1. The van der Waals surface area contributed by atoms with Crippen molar-refractivity contribution in [3.05, 3.63) is 55.7 Å². The van der Waals surface area contributed by atoms with Crippen molar-refractivity contribution >= 4 is 27.3 Å². The second-order valence-electron chi connectivity index (χ2n) is 4.47. The molecule has 2 rings (SSSR count). The van der Waals surface area contributed by atoms with Crippen molar-refractivity contribution in [3.8, 4) is 0 Å². The van der Waals surface area contributed by atoms with Gasteiger partial charge in [-0.3, -0.25) is 0 Å². The predicted molar refractivity (Wildman–Crippen MR) is 83.5 cm³/mol. The van der Waals surface area contributed by atoms with Crippen molar-refractivity contribution in [1.29, 1.82) is 0 Å². The quantitative estimate of drug-likeness (QED) is 0.850. The minimum Gasteiger partial charge on any atom is -0.306 e. The standard InChI is InChI=1S/C15H18BrNS/c1-4-17-15(12-7-5-6-10(2)8-12)13-9-14(16)18-11(13)3/h5-9,15,17H,4H2,1-3H3. The summed E-state index contributed by atoms with van der Waals surface area (Å²) >= 11 is 5.38. The molecule has 3 heteroatoms. The molecule has 1 aromatic carbocycles. The van der Waals surface area contributed by atoms with Crippen LogP contribution in [0.4, 0.5) is 0 Å². The molecule has 0 saturated heterocycles. The van der Waals surface area contributed by atoms with Crippen LogP contribution in [0.3, 0.4) is 0 Å². The summed E-state index contributed by atoms with van der Waals surface area (Å²) < 4.78 is 1.20. The summed E-state index contributed by atoms with van der Waals surface area (Å²) in [5.74, 6) is 0. The maximum absolute atomic E-state index is 3.58. The first-order chi connectivity index (χ1) is 8.61. The predicted octanol–water partition coefficient (Wildman–Crippen LogP) is 4.83.